The highest BCUT2D eigenvalue weighted by Crippen LogP contribution is 2.28. The number of hydrogen-bond acceptors (Lipinski definition) is 2. The molecule has 4 heteroatoms. The summed E-state index contributed by atoms with van der Waals surface area (Å²) in [6.07, 6.45) is 5.94. The number of fused-ring (bicyclic) bond motifs is 1. The van der Waals surface area contributed by atoms with Gasteiger partial charge in [0.1, 0.15) is 0 Å². The van der Waals surface area contributed by atoms with Gasteiger partial charge in [0.2, 0.25) is 0 Å². The minimum absolute atomic E-state index is 0.103. The molecule has 2 aromatic carbocycles. The Hall–Kier alpha value is -3.14. The summed E-state index contributed by atoms with van der Waals surface area (Å²) in [5, 5.41) is 11.9. The fraction of sp³-hybridized carbons (Fsp3) is 0.100. The SMILES string of the molecule is C=CCn1c(C)c(C=Cc2ccc([N+](=O)[O-])cc2)c2ccccc21. The van der Waals surface area contributed by atoms with Crippen LogP contribution in [0.15, 0.2) is 61.2 Å². The summed E-state index contributed by atoms with van der Waals surface area (Å²) in [6, 6.07) is 14.8. The number of aromatic nitrogens is 1. The Bertz CT molecular complexity index is 934. The van der Waals surface area contributed by atoms with Crippen molar-refractivity contribution in [2.75, 3.05) is 0 Å². The average molecular weight is 318 g/mol. The van der Waals surface area contributed by atoms with E-state index < -0.39 is 0 Å². The van der Waals surface area contributed by atoms with Crippen LogP contribution >= 0.6 is 0 Å². The maximum absolute atomic E-state index is 10.7. The highest BCUT2D eigenvalue weighted by Gasteiger charge is 2.10. The summed E-state index contributed by atoms with van der Waals surface area (Å²) < 4.78 is 2.23. The van der Waals surface area contributed by atoms with Crippen LogP contribution in [0.1, 0.15) is 16.8 Å². The Kier molecular flexibility index (Phi) is 4.29. The van der Waals surface area contributed by atoms with Gasteiger partial charge in [-0.2, -0.15) is 0 Å². The summed E-state index contributed by atoms with van der Waals surface area (Å²) in [7, 11) is 0. The fourth-order valence-corrected chi connectivity index (χ4v) is 2.92. The molecule has 0 amide bonds. The molecule has 0 aliphatic heterocycles. The number of para-hydroxylation sites is 1. The third-order valence-electron chi connectivity index (χ3n) is 4.14. The molecule has 1 heterocycles. The molecular weight excluding hydrogens is 300 g/mol. The van der Waals surface area contributed by atoms with Gasteiger partial charge in [-0.3, -0.25) is 10.1 Å². The van der Waals surface area contributed by atoms with Crippen molar-refractivity contribution in [3.8, 4) is 0 Å². The predicted molar refractivity (Wildman–Crippen MR) is 98.9 cm³/mol. The second-order valence-corrected chi connectivity index (χ2v) is 5.60. The summed E-state index contributed by atoms with van der Waals surface area (Å²) >= 11 is 0. The Labute approximate surface area is 140 Å². The minimum Gasteiger partial charge on any atom is -0.340 e. The number of nitrogens with zero attached hydrogens (tertiary/aromatic N) is 2. The molecule has 0 atom stereocenters. The van der Waals surface area contributed by atoms with Gasteiger partial charge in [0.25, 0.3) is 5.69 Å². The summed E-state index contributed by atoms with van der Waals surface area (Å²) in [4.78, 5) is 10.3. The third kappa shape index (κ3) is 2.86. The van der Waals surface area contributed by atoms with Gasteiger partial charge in [-0.05, 0) is 30.7 Å². The first-order valence-electron chi connectivity index (χ1n) is 7.73. The zero-order valence-electron chi connectivity index (χ0n) is 13.5. The first-order valence-corrected chi connectivity index (χ1v) is 7.73. The molecule has 0 radical (unpaired) electrons. The Morgan fingerprint density at radius 1 is 1.12 bits per heavy atom. The van der Waals surface area contributed by atoms with Crippen molar-refractivity contribution in [1.29, 1.82) is 0 Å². The molecule has 0 N–H and O–H groups in total. The second kappa shape index (κ2) is 6.54. The molecule has 120 valence electrons. The molecule has 0 saturated carbocycles. The highest BCUT2D eigenvalue weighted by molar-refractivity contribution is 5.93. The zero-order valence-corrected chi connectivity index (χ0v) is 13.5. The lowest BCUT2D eigenvalue weighted by Crippen LogP contribution is -1.97. The van der Waals surface area contributed by atoms with Crippen LogP contribution in [0.3, 0.4) is 0 Å². The fourth-order valence-electron chi connectivity index (χ4n) is 2.92. The lowest BCUT2D eigenvalue weighted by molar-refractivity contribution is -0.384. The molecule has 0 saturated heterocycles. The molecule has 4 nitrogen and oxygen atoms in total. The molecule has 0 fully saturated rings. The van der Waals surface area contributed by atoms with E-state index in [-0.39, 0.29) is 10.6 Å². The molecule has 0 aliphatic rings. The van der Waals surface area contributed by atoms with E-state index in [0.717, 1.165) is 17.7 Å². The van der Waals surface area contributed by atoms with Crippen LogP contribution in [0.4, 0.5) is 5.69 Å². The average Bonchev–Trinajstić information content (AvgIpc) is 2.86. The monoisotopic (exact) mass is 318 g/mol. The van der Waals surface area contributed by atoms with Gasteiger partial charge in [0, 0.05) is 40.8 Å². The van der Waals surface area contributed by atoms with E-state index in [0.29, 0.717) is 0 Å². The first-order chi connectivity index (χ1) is 11.6. The summed E-state index contributed by atoms with van der Waals surface area (Å²) in [5.74, 6) is 0. The van der Waals surface area contributed by atoms with Crippen molar-refractivity contribution >= 4 is 28.7 Å². The first kappa shape index (κ1) is 15.7. The van der Waals surface area contributed by atoms with Gasteiger partial charge in [0.15, 0.2) is 0 Å². The van der Waals surface area contributed by atoms with Crippen LogP contribution in [0.2, 0.25) is 0 Å². The number of rotatable bonds is 5. The van der Waals surface area contributed by atoms with Gasteiger partial charge < -0.3 is 4.57 Å². The Balaban J connectivity index is 2.01. The van der Waals surface area contributed by atoms with Crippen molar-refractivity contribution in [1.82, 2.24) is 4.57 Å². The summed E-state index contributed by atoms with van der Waals surface area (Å²) in [5.41, 5.74) is 4.55. The number of benzene rings is 2. The van der Waals surface area contributed by atoms with Crippen LogP contribution in [0.25, 0.3) is 23.1 Å². The normalized spacial score (nSPS) is 11.2. The maximum atomic E-state index is 10.7. The largest absolute Gasteiger partial charge is 0.340 e. The number of hydrogen-bond donors (Lipinski definition) is 0. The van der Waals surface area contributed by atoms with Crippen molar-refractivity contribution in [3.63, 3.8) is 0 Å². The van der Waals surface area contributed by atoms with E-state index in [4.69, 9.17) is 0 Å². The van der Waals surface area contributed by atoms with Crippen molar-refractivity contribution in [2.24, 2.45) is 0 Å². The lowest BCUT2D eigenvalue weighted by Gasteiger charge is -2.04. The number of nitro benzene ring substituents is 1. The Morgan fingerprint density at radius 3 is 2.50 bits per heavy atom. The van der Waals surface area contributed by atoms with E-state index in [1.54, 1.807) is 12.1 Å². The smallest absolute Gasteiger partial charge is 0.269 e. The van der Waals surface area contributed by atoms with E-state index in [2.05, 4.69) is 36.3 Å². The van der Waals surface area contributed by atoms with Gasteiger partial charge in [0.05, 0.1) is 4.92 Å². The summed E-state index contributed by atoms with van der Waals surface area (Å²) in [6.45, 7) is 6.69. The van der Waals surface area contributed by atoms with Crippen molar-refractivity contribution in [3.05, 3.63) is 88.1 Å². The third-order valence-corrected chi connectivity index (χ3v) is 4.14. The molecule has 24 heavy (non-hydrogen) atoms. The highest BCUT2D eigenvalue weighted by atomic mass is 16.6. The minimum atomic E-state index is -0.388. The molecule has 0 spiro atoms. The zero-order chi connectivity index (χ0) is 17.1. The number of allylic oxidation sites excluding steroid dienone is 1. The van der Waals surface area contributed by atoms with E-state index in [1.807, 2.05) is 24.3 Å². The van der Waals surface area contributed by atoms with E-state index in [1.165, 1.54) is 28.7 Å². The maximum Gasteiger partial charge on any atom is 0.269 e. The predicted octanol–water partition coefficient (Wildman–Crippen LogP) is 5.21. The standard InChI is InChI=1S/C20H18N2O2/c1-3-14-21-15(2)18(19-6-4-5-7-20(19)21)13-10-16-8-11-17(12-9-16)22(23)24/h3-13H,1,14H2,2H3. The van der Waals surface area contributed by atoms with E-state index in [9.17, 15) is 10.1 Å². The van der Waals surface area contributed by atoms with E-state index >= 15 is 0 Å². The lowest BCUT2D eigenvalue weighted by atomic mass is 10.1. The van der Waals surface area contributed by atoms with Crippen molar-refractivity contribution in [2.45, 2.75) is 13.5 Å². The van der Waals surface area contributed by atoms with Crippen LogP contribution in [0, 0.1) is 17.0 Å². The number of nitro groups is 1. The number of non-ortho nitro benzene ring substituents is 1. The molecule has 3 rings (SSSR count). The molecule has 1 aromatic heterocycles. The quantitative estimate of drug-likeness (QED) is 0.368. The van der Waals surface area contributed by atoms with Crippen LogP contribution in [0.5, 0.6) is 0 Å². The molecule has 3 aromatic rings. The molecule has 0 aliphatic carbocycles. The Morgan fingerprint density at radius 2 is 1.83 bits per heavy atom. The van der Waals surface area contributed by atoms with Gasteiger partial charge >= 0.3 is 0 Å². The second-order valence-electron chi connectivity index (χ2n) is 5.60. The molecule has 0 bridgehead atoms. The van der Waals surface area contributed by atoms with Gasteiger partial charge in [-0.25, -0.2) is 0 Å². The van der Waals surface area contributed by atoms with Gasteiger partial charge in [-0.1, -0.05) is 36.4 Å². The topological polar surface area (TPSA) is 48.1 Å². The van der Waals surface area contributed by atoms with Crippen molar-refractivity contribution < 1.29 is 4.92 Å². The van der Waals surface area contributed by atoms with Crippen LogP contribution < -0.4 is 0 Å². The molecule has 0 unspecified atom stereocenters. The van der Waals surface area contributed by atoms with Crippen LogP contribution in [-0.4, -0.2) is 9.49 Å². The molecular formula is C20H18N2O2. The van der Waals surface area contributed by atoms with Gasteiger partial charge in [-0.15, -0.1) is 6.58 Å². The van der Waals surface area contributed by atoms with Crippen LogP contribution in [-0.2, 0) is 6.54 Å².